The predicted octanol–water partition coefficient (Wildman–Crippen LogP) is 3.78. The summed E-state index contributed by atoms with van der Waals surface area (Å²) >= 11 is 12.5. The van der Waals surface area contributed by atoms with E-state index < -0.39 is 60.7 Å². The summed E-state index contributed by atoms with van der Waals surface area (Å²) < 4.78 is 32.9. The minimum atomic E-state index is -1.26. The van der Waals surface area contributed by atoms with Crippen LogP contribution in [0.15, 0.2) is 30.5 Å². The number of nitrogens with zero attached hydrogens (tertiary/aromatic N) is 1. The van der Waals surface area contributed by atoms with E-state index in [4.69, 9.17) is 51.6 Å². The molecule has 0 saturated carbocycles. The SMILES string of the molecule is COc1ccnc(C(=O)N[C@H]2COC[C@H](Cc3ccc(Cl)cc3Cl)[C@@H](OC(=O)C(C)C)[C@H](C)OC2=O)c1OCOC(C)=O. The second-order valence-electron chi connectivity index (χ2n) is 10.1. The number of methoxy groups -OCH3 is 1. The Labute approximate surface area is 259 Å². The maximum absolute atomic E-state index is 13.3. The van der Waals surface area contributed by atoms with Crippen LogP contribution in [0.4, 0.5) is 0 Å². The Balaban J connectivity index is 1.84. The monoisotopic (exact) mass is 640 g/mol. The van der Waals surface area contributed by atoms with Crippen LogP contribution >= 0.6 is 23.2 Å². The fourth-order valence-corrected chi connectivity index (χ4v) is 4.70. The number of cyclic esters (lactones) is 1. The molecule has 0 unspecified atom stereocenters. The van der Waals surface area contributed by atoms with Gasteiger partial charge in [-0.25, -0.2) is 9.78 Å². The number of esters is 3. The van der Waals surface area contributed by atoms with Gasteiger partial charge in [-0.15, -0.1) is 0 Å². The summed E-state index contributed by atoms with van der Waals surface area (Å²) in [5.74, 6) is -3.56. The Bertz CT molecular complexity index is 1320. The van der Waals surface area contributed by atoms with Crippen LogP contribution in [-0.2, 0) is 39.8 Å². The number of benzene rings is 1. The Morgan fingerprint density at radius 2 is 1.91 bits per heavy atom. The lowest BCUT2D eigenvalue weighted by molar-refractivity contribution is -0.173. The first kappa shape index (κ1) is 33.9. The van der Waals surface area contributed by atoms with Gasteiger partial charge in [-0.1, -0.05) is 43.1 Å². The highest BCUT2D eigenvalue weighted by Crippen LogP contribution is 2.31. The number of aromatic nitrogens is 1. The molecule has 1 fully saturated rings. The molecule has 1 aliphatic rings. The molecule has 1 aromatic carbocycles. The smallest absolute Gasteiger partial charge is 0.331 e. The van der Waals surface area contributed by atoms with Gasteiger partial charge >= 0.3 is 17.9 Å². The summed E-state index contributed by atoms with van der Waals surface area (Å²) in [5.41, 5.74) is 0.504. The van der Waals surface area contributed by atoms with Crippen LogP contribution in [0.5, 0.6) is 11.5 Å². The van der Waals surface area contributed by atoms with E-state index in [1.807, 2.05) is 0 Å². The first-order valence-corrected chi connectivity index (χ1v) is 14.2. The number of halogens is 2. The molecule has 234 valence electrons. The maximum Gasteiger partial charge on any atom is 0.331 e. The van der Waals surface area contributed by atoms with E-state index in [9.17, 15) is 19.2 Å². The van der Waals surface area contributed by atoms with Gasteiger partial charge < -0.3 is 33.7 Å². The van der Waals surface area contributed by atoms with Gasteiger partial charge in [0.15, 0.2) is 23.2 Å². The van der Waals surface area contributed by atoms with Gasteiger partial charge in [0.05, 0.1) is 26.2 Å². The summed E-state index contributed by atoms with van der Waals surface area (Å²) in [5, 5.41) is 3.45. The van der Waals surface area contributed by atoms with Crippen LogP contribution < -0.4 is 14.8 Å². The van der Waals surface area contributed by atoms with E-state index >= 15 is 0 Å². The fourth-order valence-electron chi connectivity index (χ4n) is 4.21. The van der Waals surface area contributed by atoms with Gasteiger partial charge in [0.25, 0.3) is 5.91 Å². The topological polar surface area (TPSA) is 149 Å². The summed E-state index contributed by atoms with van der Waals surface area (Å²) in [6.07, 6.45) is -0.166. The molecule has 43 heavy (non-hydrogen) atoms. The molecule has 0 spiro atoms. The quantitative estimate of drug-likeness (QED) is 0.230. The molecule has 1 saturated heterocycles. The third-order valence-corrected chi connectivity index (χ3v) is 7.01. The highest BCUT2D eigenvalue weighted by atomic mass is 35.5. The zero-order chi connectivity index (χ0) is 31.7. The lowest BCUT2D eigenvalue weighted by atomic mass is 9.91. The van der Waals surface area contributed by atoms with E-state index in [2.05, 4.69) is 10.3 Å². The summed E-state index contributed by atoms with van der Waals surface area (Å²) in [6.45, 7) is 5.46. The van der Waals surface area contributed by atoms with Crippen LogP contribution in [0.2, 0.25) is 10.0 Å². The highest BCUT2D eigenvalue weighted by molar-refractivity contribution is 6.35. The van der Waals surface area contributed by atoms with Crippen molar-refractivity contribution in [1.29, 1.82) is 0 Å². The summed E-state index contributed by atoms with van der Waals surface area (Å²) in [7, 11) is 1.36. The third kappa shape index (κ3) is 9.44. The van der Waals surface area contributed by atoms with Crippen molar-refractivity contribution < 1.29 is 47.6 Å². The number of rotatable bonds is 10. The van der Waals surface area contributed by atoms with Gasteiger partial charge in [0, 0.05) is 35.2 Å². The Kier molecular flexibility index (Phi) is 12.4. The molecule has 0 bridgehead atoms. The van der Waals surface area contributed by atoms with E-state index in [1.165, 1.54) is 26.3 Å². The average molecular weight is 642 g/mol. The largest absolute Gasteiger partial charge is 0.493 e. The Morgan fingerprint density at radius 1 is 1.16 bits per heavy atom. The average Bonchev–Trinajstić information content (AvgIpc) is 2.99. The van der Waals surface area contributed by atoms with Gasteiger partial charge in [0.1, 0.15) is 12.2 Å². The molecular formula is C29H34Cl2N2O10. The van der Waals surface area contributed by atoms with Gasteiger partial charge in [-0.2, -0.15) is 0 Å². The molecule has 1 amide bonds. The van der Waals surface area contributed by atoms with Crippen LogP contribution in [0.25, 0.3) is 0 Å². The Hall–Kier alpha value is -3.61. The second-order valence-corrected chi connectivity index (χ2v) is 10.9. The number of nitrogens with one attached hydrogen (secondary N) is 1. The minimum Gasteiger partial charge on any atom is -0.493 e. The molecule has 2 heterocycles. The molecular weight excluding hydrogens is 607 g/mol. The number of pyridine rings is 1. The Morgan fingerprint density at radius 3 is 2.56 bits per heavy atom. The van der Waals surface area contributed by atoms with Crippen molar-refractivity contribution >= 4 is 47.0 Å². The second kappa shape index (κ2) is 15.7. The number of ether oxygens (including phenoxy) is 6. The van der Waals surface area contributed by atoms with Crippen LogP contribution in [0, 0.1) is 11.8 Å². The van der Waals surface area contributed by atoms with Crippen LogP contribution in [0.1, 0.15) is 43.7 Å². The number of hydrogen-bond donors (Lipinski definition) is 1. The minimum absolute atomic E-state index is 0.0382. The molecule has 0 aliphatic carbocycles. The number of carbonyl (C=O) groups excluding carboxylic acids is 4. The van der Waals surface area contributed by atoms with Crippen molar-refractivity contribution in [3.05, 3.63) is 51.8 Å². The molecule has 2 aromatic rings. The first-order chi connectivity index (χ1) is 20.4. The van der Waals surface area contributed by atoms with Crippen molar-refractivity contribution in [2.45, 2.75) is 52.4 Å². The molecule has 4 atom stereocenters. The summed E-state index contributed by atoms with van der Waals surface area (Å²) in [6, 6.07) is 5.25. The van der Waals surface area contributed by atoms with Crippen molar-refractivity contribution in [1.82, 2.24) is 10.3 Å². The first-order valence-electron chi connectivity index (χ1n) is 13.4. The number of carbonyl (C=O) groups is 4. The zero-order valence-corrected chi connectivity index (χ0v) is 25.9. The van der Waals surface area contributed by atoms with Crippen molar-refractivity contribution in [2.75, 3.05) is 27.1 Å². The van der Waals surface area contributed by atoms with Gasteiger partial charge in [-0.3, -0.25) is 14.4 Å². The molecule has 3 rings (SSSR count). The zero-order valence-electron chi connectivity index (χ0n) is 24.4. The van der Waals surface area contributed by atoms with E-state index in [0.29, 0.717) is 16.5 Å². The molecule has 0 radical (unpaired) electrons. The maximum atomic E-state index is 13.3. The predicted molar refractivity (Wildman–Crippen MR) is 154 cm³/mol. The third-order valence-electron chi connectivity index (χ3n) is 6.43. The van der Waals surface area contributed by atoms with Crippen LogP contribution in [-0.4, -0.2) is 74.2 Å². The van der Waals surface area contributed by atoms with Crippen molar-refractivity contribution in [2.24, 2.45) is 11.8 Å². The van der Waals surface area contributed by atoms with Gasteiger partial charge in [0.2, 0.25) is 6.79 Å². The van der Waals surface area contributed by atoms with Crippen molar-refractivity contribution in [3.8, 4) is 11.5 Å². The standard InChI is InChI=1S/C29H34Cl2N2O10/c1-15(2)28(36)43-25-16(3)42-29(37)22(13-39-12-19(25)10-18-6-7-20(30)11-21(18)31)33-27(35)24-26(41-14-40-17(4)34)23(38-5)8-9-32-24/h6-9,11,15-16,19,22,25H,10,12-14H2,1-5H3,(H,33,35)/t16-,19-,22-,25-/m0/s1. The van der Waals surface area contributed by atoms with Crippen LogP contribution in [0.3, 0.4) is 0 Å². The lowest BCUT2D eigenvalue weighted by Crippen LogP contribution is -2.47. The van der Waals surface area contributed by atoms with E-state index in [-0.39, 0.29) is 30.4 Å². The number of hydrogen-bond acceptors (Lipinski definition) is 11. The van der Waals surface area contributed by atoms with Gasteiger partial charge in [-0.05, 0) is 31.0 Å². The molecule has 14 heteroatoms. The molecule has 1 N–H and O–H groups in total. The van der Waals surface area contributed by atoms with E-state index in [1.54, 1.807) is 39.0 Å². The normalized spacial score (nSPS) is 20.6. The van der Waals surface area contributed by atoms with Crippen molar-refractivity contribution in [3.63, 3.8) is 0 Å². The molecule has 1 aromatic heterocycles. The highest BCUT2D eigenvalue weighted by Gasteiger charge is 2.38. The summed E-state index contributed by atoms with van der Waals surface area (Å²) in [4.78, 5) is 54.4. The lowest BCUT2D eigenvalue weighted by Gasteiger charge is -2.31. The molecule has 1 aliphatic heterocycles. The number of amides is 1. The fraction of sp³-hybridized carbons (Fsp3) is 0.483. The molecule has 12 nitrogen and oxygen atoms in total. The van der Waals surface area contributed by atoms with E-state index in [0.717, 1.165) is 5.56 Å².